The van der Waals surface area contributed by atoms with Crippen LogP contribution >= 0.6 is 0 Å². The van der Waals surface area contributed by atoms with Crippen molar-refractivity contribution < 1.29 is 0 Å². The highest BCUT2D eigenvalue weighted by Gasteiger charge is 2.02. The van der Waals surface area contributed by atoms with Crippen molar-refractivity contribution in [1.29, 1.82) is 0 Å². The van der Waals surface area contributed by atoms with Gasteiger partial charge in [0, 0.05) is 12.3 Å². The smallest absolute Gasteiger partial charge is 0.100 e. The van der Waals surface area contributed by atoms with Crippen molar-refractivity contribution in [3.05, 3.63) is 55.1 Å². The summed E-state index contributed by atoms with van der Waals surface area (Å²) in [5, 5.41) is 0. The highest BCUT2D eigenvalue weighted by Crippen LogP contribution is 2.16. The molecule has 0 aliphatic rings. The lowest BCUT2D eigenvalue weighted by Crippen LogP contribution is -1.91. The molecule has 0 amide bonds. The molecule has 0 bridgehead atoms. The molecule has 3 heteroatoms. The lowest BCUT2D eigenvalue weighted by Gasteiger charge is -2.01. The zero-order valence-corrected chi connectivity index (χ0v) is 7.96. The minimum atomic E-state index is 0.909. The maximum Gasteiger partial charge on any atom is 0.100 e. The van der Waals surface area contributed by atoms with Crippen LogP contribution in [-0.2, 0) is 0 Å². The highest BCUT2D eigenvalue weighted by molar-refractivity contribution is 5.76. The highest BCUT2D eigenvalue weighted by atomic mass is 15.1. The predicted molar refractivity (Wildman–Crippen MR) is 57.7 cm³/mol. The van der Waals surface area contributed by atoms with Crippen molar-refractivity contribution in [3.63, 3.8) is 0 Å². The Morgan fingerprint density at radius 2 is 2.13 bits per heavy atom. The third-order valence-electron chi connectivity index (χ3n) is 2.30. The minimum Gasteiger partial charge on any atom is -0.297 e. The van der Waals surface area contributed by atoms with Gasteiger partial charge in [0.05, 0.1) is 22.9 Å². The van der Waals surface area contributed by atoms with Crippen LogP contribution in [0.4, 0.5) is 0 Å². The summed E-state index contributed by atoms with van der Waals surface area (Å²) in [4.78, 5) is 8.38. The van der Waals surface area contributed by atoms with Crippen molar-refractivity contribution in [2.24, 2.45) is 0 Å². The summed E-state index contributed by atoms with van der Waals surface area (Å²) < 4.78 is 1.97. The molecule has 1 aromatic carbocycles. The third-order valence-corrected chi connectivity index (χ3v) is 2.30. The summed E-state index contributed by atoms with van der Waals surface area (Å²) in [6, 6.07) is 12.9. The Balaban J connectivity index is 2.28. The van der Waals surface area contributed by atoms with Gasteiger partial charge < -0.3 is 0 Å². The quantitative estimate of drug-likeness (QED) is 0.594. The maximum absolute atomic E-state index is 4.31. The fourth-order valence-electron chi connectivity index (χ4n) is 1.60. The van der Waals surface area contributed by atoms with Gasteiger partial charge in [-0.05, 0) is 18.2 Å². The number of imidazole rings is 1. The second kappa shape index (κ2) is 3.20. The zero-order chi connectivity index (χ0) is 10.1. The van der Waals surface area contributed by atoms with Crippen LogP contribution in [0.25, 0.3) is 16.7 Å². The SMILES string of the molecule is [c]1ccncc1-n1cnc2ccccc21. The minimum absolute atomic E-state index is 0.909. The number of aromatic nitrogens is 3. The molecule has 0 saturated heterocycles. The Kier molecular flexibility index (Phi) is 1.75. The molecule has 0 spiro atoms. The monoisotopic (exact) mass is 194 g/mol. The summed E-state index contributed by atoms with van der Waals surface area (Å²) in [5.74, 6) is 0. The number of benzene rings is 1. The Morgan fingerprint density at radius 1 is 1.20 bits per heavy atom. The summed E-state index contributed by atoms with van der Waals surface area (Å²) in [7, 11) is 0. The van der Waals surface area contributed by atoms with Gasteiger partial charge in [-0.25, -0.2) is 4.98 Å². The molecule has 71 valence electrons. The van der Waals surface area contributed by atoms with Crippen LogP contribution in [0, 0.1) is 6.07 Å². The molecule has 3 rings (SSSR count). The Bertz CT molecular complexity index is 584. The summed E-state index contributed by atoms with van der Waals surface area (Å²) >= 11 is 0. The van der Waals surface area contributed by atoms with Gasteiger partial charge in [-0.2, -0.15) is 0 Å². The number of fused-ring (bicyclic) bond motifs is 1. The van der Waals surface area contributed by atoms with Gasteiger partial charge in [-0.3, -0.25) is 9.55 Å². The first-order valence-electron chi connectivity index (χ1n) is 4.69. The molecule has 1 radical (unpaired) electrons. The predicted octanol–water partition coefficient (Wildman–Crippen LogP) is 2.22. The van der Waals surface area contributed by atoms with E-state index < -0.39 is 0 Å². The summed E-state index contributed by atoms with van der Waals surface area (Å²) in [6.07, 6.45) is 5.27. The number of pyridine rings is 1. The first kappa shape index (κ1) is 8.17. The first-order valence-corrected chi connectivity index (χ1v) is 4.69. The second-order valence-corrected chi connectivity index (χ2v) is 3.23. The van der Waals surface area contributed by atoms with Crippen molar-refractivity contribution in [2.75, 3.05) is 0 Å². The molecule has 2 heterocycles. The van der Waals surface area contributed by atoms with Crippen molar-refractivity contribution in [1.82, 2.24) is 14.5 Å². The van der Waals surface area contributed by atoms with Gasteiger partial charge in [-0.1, -0.05) is 12.1 Å². The molecular formula is C12H8N3. The van der Waals surface area contributed by atoms with Crippen molar-refractivity contribution in [2.45, 2.75) is 0 Å². The lowest BCUT2D eigenvalue weighted by atomic mass is 10.3. The molecule has 0 N–H and O–H groups in total. The number of hydrogen-bond donors (Lipinski definition) is 0. The fraction of sp³-hybridized carbons (Fsp3) is 0. The van der Waals surface area contributed by atoms with Crippen LogP contribution < -0.4 is 0 Å². The van der Waals surface area contributed by atoms with Crippen molar-refractivity contribution >= 4 is 11.0 Å². The number of nitrogens with zero attached hydrogens (tertiary/aromatic N) is 3. The summed E-state index contributed by atoms with van der Waals surface area (Å²) in [6.45, 7) is 0. The average Bonchev–Trinajstić information content (AvgIpc) is 2.74. The number of rotatable bonds is 1. The van der Waals surface area contributed by atoms with Gasteiger partial charge >= 0.3 is 0 Å². The topological polar surface area (TPSA) is 30.7 Å². The summed E-state index contributed by atoms with van der Waals surface area (Å²) in [5.41, 5.74) is 2.96. The van der Waals surface area contributed by atoms with E-state index in [1.54, 1.807) is 24.8 Å². The molecule has 0 aliphatic heterocycles. The fourth-order valence-corrected chi connectivity index (χ4v) is 1.60. The molecular weight excluding hydrogens is 186 g/mol. The first-order chi connectivity index (χ1) is 7.45. The second-order valence-electron chi connectivity index (χ2n) is 3.23. The molecule has 0 saturated carbocycles. The lowest BCUT2D eigenvalue weighted by molar-refractivity contribution is 1.07. The Hall–Kier alpha value is -2.16. The largest absolute Gasteiger partial charge is 0.297 e. The van der Waals surface area contributed by atoms with Gasteiger partial charge in [0.2, 0.25) is 0 Å². The average molecular weight is 194 g/mol. The zero-order valence-electron chi connectivity index (χ0n) is 7.96. The van der Waals surface area contributed by atoms with Crippen molar-refractivity contribution in [3.8, 4) is 5.69 Å². The number of hydrogen-bond acceptors (Lipinski definition) is 2. The molecule has 0 aliphatic carbocycles. The molecule has 0 fully saturated rings. The molecule has 3 aromatic rings. The van der Waals surface area contributed by atoms with Crippen LogP contribution in [0.15, 0.2) is 49.1 Å². The Morgan fingerprint density at radius 3 is 3.00 bits per heavy atom. The van der Waals surface area contributed by atoms with E-state index in [0.29, 0.717) is 0 Å². The van der Waals surface area contributed by atoms with E-state index in [0.717, 1.165) is 16.7 Å². The van der Waals surface area contributed by atoms with Crippen LogP contribution in [0.5, 0.6) is 0 Å². The van der Waals surface area contributed by atoms with Gasteiger partial charge in [0.1, 0.15) is 6.33 Å². The maximum atomic E-state index is 4.31. The van der Waals surface area contributed by atoms with E-state index in [9.17, 15) is 0 Å². The van der Waals surface area contributed by atoms with E-state index in [1.807, 2.05) is 28.8 Å². The molecule has 0 unspecified atom stereocenters. The molecule has 3 nitrogen and oxygen atoms in total. The number of para-hydroxylation sites is 2. The van der Waals surface area contributed by atoms with Crippen LogP contribution in [-0.4, -0.2) is 14.5 Å². The Labute approximate surface area is 87.0 Å². The standard InChI is InChI=1S/C12H8N3/c1-2-6-12-11(5-1)14-9-15(12)10-4-3-7-13-8-10/h1-3,5-9H. The van der Waals surface area contributed by atoms with E-state index >= 15 is 0 Å². The van der Waals surface area contributed by atoms with Crippen LogP contribution in [0.3, 0.4) is 0 Å². The molecule has 0 atom stereocenters. The van der Waals surface area contributed by atoms with Gasteiger partial charge in [-0.15, -0.1) is 0 Å². The van der Waals surface area contributed by atoms with E-state index in [1.165, 1.54) is 0 Å². The van der Waals surface area contributed by atoms with Gasteiger partial charge in [0.25, 0.3) is 0 Å². The van der Waals surface area contributed by atoms with Gasteiger partial charge in [0.15, 0.2) is 0 Å². The van der Waals surface area contributed by atoms with E-state index in [2.05, 4.69) is 16.0 Å². The molecule has 2 aromatic heterocycles. The van der Waals surface area contributed by atoms with E-state index in [-0.39, 0.29) is 0 Å². The molecule has 15 heavy (non-hydrogen) atoms. The van der Waals surface area contributed by atoms with E-state index in [4.69, 9.17) is 0 Å². The van der Waals surface area contributed by atoms with Crippen LogP contribution in [0.2, 0.25) is 0 Å². The van der Waals surface area contributed by atoms with Crippen LogP contribution in [0.1, 0.15) is 0 Å². The third kappa shape index (κ3) is 1.29. The normalized spacial score (nSPS) is 10.7.